The first kappa shape index (κ1) is 25.7. The molecule has 1 aromatic carbocycles. The molecule has 0 bridgehead atoms. The Morgan fingerprint density at radius 1 is 1.17 bits per heavy atom. The first-order valence-electron chi connectivity index (χ1n) is 11.1. The molecule has 2 heterocycles. The van der Waals surface area contributed by atoms with Crippen LogP contribution < -0.4 is 5.32 Å². The molecule has 1 fully saturated rings. The summed E-state index contributed by atoms with van der Waals surface area (Å²) in [5.41, 5.74) is 1.76. The zero-order chi connectivity index (χ0) is 25.5. The summed E-state index contributed by atoms with van der Waals surface area (Å²) < 4.78 is 78.8. The first-order chi connectivity index (χ1) is 16.4. The topological polar surface area (TPSA) is 79.4 Å². The standard InChI is InChI=1S/C23H24ClF4N3O3S/c1-31(22(32)13-6-8-35(33,34)9-7-13)21(23(26,27)28)19-5-3-15(12-29-19)30-16-10-14-2-4-18(25)20(24)17(14)11-16/h2-5,12-13,16,21,30H,6-11H2,1H3. The Labute approximate surface area is 205 Å². The molecule has 2 unspecified atom stereocenters. The largest absolute Gasteiger partial charge is 0.414 e. The van der Waals surface area contributed by atoms with E-state index in [0.29, 0.717) is 29.0 Å². The van der Waals surface area contributed by atoms with E-state index in [1.807, 2.05) is 0 Å². The van der Waals surface area contributed by atoms with Crippen LogP contribution in [0.15, 0.2) is 30.5 Å². The van der Waals surface area contributed by atoms with Gasteiger partial charge in [-0.2, -0.15) is 13.2 Å². The average Bonchev–Trinajstić information content (AvgIpc) is 3.19. The fourth-order valence-electron chi connectivity index (χ4n) is 4.76. The van der Waals surface area contributed by atoms with Crippen molar-refractivity contribution >= 4 is 33.0 Å². The number of fused-ring (bicyclic) bond motifs is 1. The molecule has 1 amide bonds. The van der Waals surface area contributed by atoms with Crippen molar-refractivity contribution in [2.24, 2.45) is 5.92 Å². The molecule has 1 aromatic heterocycles. The number of benzene rings is 1. The molecule has 0 radical (unpaired) electrons. The maximum atomic E-state index is 14.0. The molecular formula is C23H24ClF4N3O3S. The number of halogens is 5. The monoisotopic (exact) mass is 533 g/mol. The number of amides is 1. The van der Waals surface area contributed by atoms with Crippen molar-refractivity contribution in [2.75, 3.05) is 23.9 Å². The van der Waals surface area contributed by atoms with Gasteiger partial charge in [-0.1, -0.05) is 17.7 Å². The number of nitrogens with one attached hydrogen (secondary N) is 1. The van der Waals surface area contributed by atoms with E-state index in [4.69, 9.17) is 11.6 Å². The van der Waals surface area contributed by atoms with Crippen LogP contribution >= 0.6 is 11.6 Å². The molecule has 1 N–H and O–H groups in total. The van der Waals surface area contributed by atoms with Crippen LogP contribution in [0.25, 0.3) is 0 Å². The van der Waals surface area contributed by atoms with Crippen molar-refractivity contribution in [2.45, 2.75) is 43.9 Å². The van der Waals surface area contributed by atoms with Gasteiger partial charge in [0.05, 0.1) is 34.1 Å². The highest BCUT2D eigenvalue weighted by molar-refractivity contribution is 7.91. The number of pyridine rings is 1. The summed E-state index contributed by atoms with van der Waals surface area (Å²) in [6.45, 7) is 0. The minimum atomic E-state index is -4.78. The van der Waals surface area contributed by atoms with Crippen LogP contribution in [0.3, 0.4) is 0 Å². The van der Waals surface area contributed by atoms with Gasteiger partial charge >= 0.3 is 6.18 Å². The SMILES string of the molecule is CN(C(=O)C1CCS(=O)(=O)CC1)C(c1ccc(NC2Cc3ccc(F)c(Cl)c3C2)cn1)C(F)(F)F. The molecule has 1 aliphatic heterocycles. The molecule has 1 aliphatic carbocycles. The van der Waals surface area contributed by atoms with Crippen LogP contribution in [0.2, 0.25) is 5.02 Å². The normalized spacial score (nSPS) is 20.8. The smallest absolute Gasteiger partial charge is 0.380 e. The van der Waals surface area contributed by atoms with Crippen LogP contribution in [0.1, 0.15) is 35.7 Å². The first-order valence-corrected chi connectivity index (χ1v) is 13.3. The van der Waals surface area contributed by atoms with E-state index in [1.54, 1.807) is 6.07 Å². The number of carbonyl (C=O) groups is 1. The van der Waals surface area contributed by atoms with Crippen LogP contribution in [-0.4, -0.2) is 55.0 Å². The average molecular weight is 534 g/mol. The third-order valence-electron chi connectivity index (χ3n) is 6.60. The van der Waals surface area contributed by atoms with Crippen LogP contribution in [-0.2, 0) is 27.5 Å². The van der Waals surface area contributed by atoms with E-state index < -0.39 is 39.7 Å². The van der Waals surface area contributed by atoms with Crippen LogP contribution in [0.4, 0.5) is 23.2 Å². The number of aromatic nitrogens is 1. The van der Waals surface area contributed by atoms with Crippen molar-refractivity contribution in [3.63, 3.8) is 0 Å². The minimum absolute atomic E-state index is 0.00403. The molecule has 1 saturated heterocycles. The molecule has 0 spiro atoms. The maximum absolute atomic E-state index is 14.0. The Morgan fingerprint density at radius 3 is 2.46 bits per heavy atom. The van der Waals surface area contributed by atoms with Crippen molar-refractivity contribution in [1.82, 2.24) is 9.88 Å². The summed E-state index contributed by atoms with van der Waals surface area (Å²) >= 11 is 6.05. The summed E-state index contributed by atoms with van der Waals surface area (Å²) in [5, 5.41) is 3.27. The van der Waals surface area contributed by atoms with E-state index >= 15 is 0 Å². The Morgan fingerprint density at radius 2 is 1.86 bits per heavy atom. The van der Waals surface area contributed by atoms with E-state index in [0.717, 1.165) is 12.6 Å². The van der Waals surface area contributed by atoms with Gasteiger partial charge in [0.15, 0.2) is 6.04 Å². The quantitative estimate of drug-likeness (QED) is 0.578. The highest BCUT2D eigenvalue weighted by Crippen LogP contribution is 2.38. The lowest BCUT2D eigenvalue weighted by molar-refractivity contribution is -0.191. The molecular weight excluding hydrogens is 510 g/mol. The predicted molar refractivity (Wildman–Crippen MR) is 123 cm³/mol. The second kappa shape index (κ2) is 9.57. The molecule has 12 heteroatoms. The van der Waals surface area contributed by atoms with Crippen molar-refractivity contribution in [3.05, 3.63) is 58.1 Å². The zero-order valence-corrected chi connectivity index (χ0v) is 20.4. The number of hydrogen-bond donors (Lipinski definition) is 1. The molecule has 6 nitrogen and oxygen atoms in total. The van der Waals surface area contributed by atoms with Gasteiger partial charge in [0.25, 0.3) is 0 Å². The van der Waals surface area contributed by atoms with Crippen molar-refractivity contribution in [1.29, 1.82) is 0 Å². The molecule has 2 atom stereocenters. The number of anilines is 1. The van der Waals surface area contributed by atoms with Gasteiger partial charge < -0.3 is 10.2 Å². The van der Waals surface area contributed by atoms with Gasteiger partial charge in [-0.3, -0.25) is 9.78 Å². The van der Waals surface area contributed by atoms with Gasteiger partial charge in [0.2, 0.25) is 5.91 Å². The van der Waals surface area contributed by atoms with Gasteiger partial charge in [-0.15, -0.1) is 0 Å². The lowest BCUT2D eigenvalue weighted by Crippen LogP contribution is -2.44. The van der Waals surface area contributed by atoms with E-state index in [-0.39, 0.29) is 41.1 Å². The van der Waals surface area contributed by atoms with E-state index in [1.165, 1.54) is 24.4 Å². The fraction of sp³-hybridized carbons (Fsp3) is 0.478. The maximum Gasteiger partial charge on any atom is 0.414 e. The lowest BCUT2D eigenvalue weighted by Gasteiger charge is -2.33. The summed E-state index contributed by atoms with van der Waals surface area (Å²) in [4.78, 5) is 17.4. The summed E-state index contributed by atoms with van der Waals surface area (Å²) in [6, 6.07) is 3.26. The zero-order valence-electron chi connectivity index (χ0n) is 18.8. The summed E-state index contributed by atoms with van der Waals surface area (Å²) in [5.74, 6) is -2.46. The minimum Gasteiger partial charge on any atom is -0.380 e. The Balaban J connectivity index is 1.46. The molecule has 0 saturated carbocycles. The lowest BCUT2D eigenvalue weighted by atomic mass is 9.99. The number of hydrogen-bond acceptors (Lipinski definition) is 5. The van der Waals surface area contributed by atoms with E-state index in [2.05, 4.69) is 10.3 Å². The van der Waals surface area contributed by atoms with E-state index in [9.17, 15) is 30.8 Å². The summed E-state index contributed by atoms with van der Waals surface area (Å²) in [6.07, 6.45) is -2.45. The molecule has 2 aliphatic rings. The number of alkyl halides is 3. The predicted octanol–water partition coefficient (Wildman–Crippen LogP) is 4.34. The highest BCUT2D eigenvalue weighted by atomic mass is 35.5. The second-order valence-corrected chi connectivity index (χ2v) is 11.7. The third-order valence-corrected chi connectivity index (χ3v) is 8.72. The van der Waals surface area contributed by atoms with Gasteiger partial charge in [0.1, 0.15) is 15.7 Å². The van der Waals surface area contributed by atoms with Gasteiger partial charge in [-0.25, -0.2) is 12.8 Å². The highest BCUT2D eigenvalue weighted by Gasteiger charge is 2.47. The fourth-order valence-corrected chi connectivity index (χ4v) is 6.51. The van der Waals surface area contributed by atoms with Crippen LogP contribution in [0, 0.1) is 11.7 Å². The Kier molecular flexibility index (Phi) is 7.02. The molecule has 35 heavy (non-hydrogen) atoms. The number of nitrogens with zero attached hydrogens (tertiary/aromatic N) is 2. The Hall–Kier alpha value is -2.40. The van der Waals surface area contributed by atoms with Crippen molar-refractivity contribution < 1.29 is 30.8 Å². The third kappa shape index (κ3) is 5.55. The second-order valence-electron chi connectivity index (χ2n) is 9.04. The van der Waals surface area contributed by atoms with Gasteiger partial charge in [0, 0.05) is 19.0 Å². The number of carbonyl (C=O) groups excluding carboxylic acids is 1. The summed E-state index contributed by atoms with van der Waals surface area (Å²) in [7, 11) is -2.19. The molecule has 4 rings (SSSR count). The Bertz CT molecular complexity index is 1210. The van der Waals surface area contributed by atoms with Crippen molar-refractivity contribution in [3.8, 4) is 0 Å². The number of rotatable bonds is 5. The molecule has 190 valence electrons. The van der Waals surface area contributed by atoms with Crippen LogP contribution in [0.5, 0.6) is 0 Å². The van der Waals surface area contributed by atoms with Gasteiger partial charge in [-0.05, 0) is 55.0 Å². The number of sulfone groups is 1. The molecule has 2 aromatic rings.